The highest BCUT2D eigenvalue weighted by Crippen LogP contribution is 2.45. The summed E-state index contributed by atoms with van der Waals surface area (Å²) in [4.78, 5) is 87.3. The maximum absolute atomic E-state index is 14.8. The van der Waals surface area contributed by atoms with Gasteiger partial charge in [-0.15, -0.1) is 0 Å². The van der Waals surface area contributed by atoms with Gasteiger partial charge in [0.25, 0.3) is 11.7 Å². The Kier molecular flexibility index (Phi) is 27.1. The predicted molar refractivity (Wildman–Crippen MR) is 346 cm³/mol. The molecule has 2 aromatic rings. The lowest BCUT2D eigenvalue weighted by Gasteiger charge is -2.49. The summed E-state index contributed by atoms with van der Waals surface area (Å²) in [6.07, 6.45) is 3.59. The number of nitrogens with zero attached hydrogens (tertiary/aromatic N) is 2. The summed E-state index contributed by atoms with van der Waals surface area (Å²) >= 11 is 0. The fourth-order valence-electron chi connectivity index (χ4n) is 14.1. The van der Waals surface area contributed by atoms with Crippen molar-refractivity contribution >= 4 is 45.3 Å². The average Bonchev–Trinajstić information content (AvgIpc) is 0.816. The highest BCUT2D eigenvalue weighted by Gasteiger charge is 2.58. The van der Waals surface area contributed by atoms with Crippen LogP contribution in [0.25, 0.3) is 0 Å². The van der Waals surface area contributed by atoms with Gasteiger partial charge in [0.1, 0.15) is 35.8 Å². The van der Waals surface area contributed by atoms with Gasteiger partial charge in [-0.3, -0.25) is 24.0 Å². The maximum Gasteiger partial charge on any atom is 0.330 e. The molecule has 8 rings (SSSR count). The van der Waals surface area contributed by atoms with Crippen LogP contribution in [0.4, 0.5) is 0 Å². The van der Waals surface area contributed by atoms with Crippen molar-refractivity contribution in [2.75, 3.05) is 48.1 Å². The molecule has 0 aromatic heterocycles. The van der Waals surface area contributed by atoms with Crippen molar-refractivity contribution in [2.24, 2.45) is 41.4 Å². The minimum atomic E-state index is -4.10. The average molecular weight is 1320 g/mol. The summed E-state index contributed by atoms with van der Waals surface area (Å²) in [6, 6.07) is 11.8. The summed E-state index contributed by atoms with van der Waals surface area (Å²) in [5.41, 5.74) is 2.26. The normalized spacial score (nSPS) is 32.3. The van der Waals surface area contributed by atoms with Crippen LogP contribution in [0, 0.1) is 41.4 Å². The van der Waals surface area contributed by atoms with Gasteiger partial charge in [-0.2, -0.15) is 4.31 Å². The monoisotopic (exact) mass is 1320 g/mol. The first-order chi connectivity index (χ1) is 44.1. The quantitative estimate of drug-likeness (QED) is 0.0450. The minimum Gasteiger partial charge on any atom is -0.497 e. The molecule has 4 fully saturated rings. The molecule has 2 unspecified atom stereocenters. The first-order valence-corrected chi connectivity index (χ1v) is 34.5. The van der Waals surface area contributed by atoms with E-state index in [4.69, 9.17) is 28.4 Å². The summed E-state index contributed by atoms with van der Waals surface area (Å²) < 4.78 is 64.7. The molecule has 6 N–H and O–H groups in total. The molecule has 0 radical (unpaired) electrons. The number of aliphatic hydroxyl groups excluding tert-OH is 3. The van der Waals surface area contributed by atoms with Gasteiger partial charge in [0, 0.05) is 77.5 Å². The lowest BCUT2D eigenvalue weighted by molar-refractivity contribution is -0.302. The number of carbonyl (C=O) groups excluding carboxylic acids is 6. The smallest absolute Gasteiger partial charge is 0.330 e. The van der Waals surface area contributed by atoms with Gasteiger partial charge < -0.3 is 64.4 Å². The number of benzene rings is 2. The van der Waals surface area contributed by atoms with Crippen LogP contribution in [0.1, 0.15) is 131 Å². The molecule has 23 heteroatoms. The Balaban J connectivity index is 1.09. The second-order valence-electron chi connectivity index (χ2n) is 27.0. The van der Waals surface area contributed by atoms with E-state index in [9.17, 15) is 57.6 Å². The first kappa shape index (κ1) is 74.7. The van der Waals surface area contributed by atoms with E-state index in [1.54, 1.807) is 38.1 Å². The number of Topliss-reactive ketones (excluding diaryl/α,β-unsaturated/α-hetero) is 2. The zero-order valence-corrected chi connectivity index (χ0v) is 56.8. The van der Waals surface area contributed by atoms with E-state index < -0.39 is 136 Å². The fraction of sp³-hybridized carbons (Fsp3) is 0.657. The number of aliphatic hydroxyl groups is 4. The number of hydrogen-bond donors (Lipinski definition) is 6. The Labute approximate surface area is 549 Å². The molecule has 6 aliphatic rings. The van der Waals surface area contributed by atoms with Crippen molar-refractivity contribution < 1.29 is 86.0 Å². The van der Waals surface area contributed by atoms with Crippen LogP contribution in [0.2, 0.25) is 0 Å². The van der Waals surface area contributed by atoms with Crippen LogP contribution in [0.5, 0.6) is 5.75 Å². The van der Waals surface area contributed by atoms with Crippen LogP contribution in [0.15, 0.2) is 94.9 Å². The summed E-state index contributed by atoms with van der Waals surface area (Å²) in [5.74, 6) is -10.1. The summed E-state index contributed by atoms with van der Waals surface area (Å²) in [5, 5.41) is 52.8. The number of sulfonamides is 1. The van der Waals surface area contributed by atoms with Crippen molar-refractivity contribution in [2.45, 2.75) is 210 Å². The molecule has 516 valence electrons. The molecular formula is C70H102N4O18S. The molecule has 3 saturated heterocycles. The zero-order valence-electron chi connectivity index (χ0n) is 56.0. The van der Waals surface area contributed by atoms with Crippen molar-refractivity contribution in [1.29, 1.82) is 0 Å². The van der Waals surface area contributed by atoms with Gasteiger partial charge in [0.2, 0.25) is 27.6 Å². The lowest BCUT2D eigenvalue weighted by Crippen LogP contribution is -2.66. The highest BCUT2D eigenvalue weighted by atomic mass is 32.2. The Morgan fingerprint density at radius 2 is 1.52 bits per heavy atom. The van der Waals surface area contributed by atoms with Crippen LogP contribution in [-0.4, -0.2) is 194 Å². The highest BCUT2D eigenvalue weighted by molar-refractivity contribution is 7.89. The van der Waals surface area contributed by atoms with Gasteiger partial charge in [-0.1, -0.05) is 94.8 Å². The SMILES string of the molecule is COc1ccc(S(=O)(=O)N(CC(C)C)C[C@@H](O)[C@H](Cc2ccccc2)NC(=O)C(C)NC(=O)CC/C=C/C[C@@H]2/C=C(\C)C[C@H](C)C[C@H](OC)[C@H]3O[C@@](O)(C(=O)C(=O)N4CCCC5/C(=C\[C@@H]6CC[C@@H](O)[C@H](OC)C6)[C@@H](OC(=O)[C@H]54)[C@H](C)[C@@H](O)CC2=O)[C@H](C)C[C@@H]3OC)cc1. The third-order valence-corrected chi connectivity index (χ3v) is 21.2. The Bertz CT molecular complexity index is 3070. The summed E-state index contributed by atoms with van der Waals surface area (Å²) in [7, 11) is 1.90. The lowest BCUT2D eigenvalue weighted by atomic mass is 9.72. The predicted octanol–water partition coefficient (Wildman–Crippen LogP) is 5.96. The van der Waals surface area contributed by atoms with Gasteiger partial charge >= 0.3 is 5.97 Å². The molecule has 1 saturated carbocycles. The second kappa shape index (κ2) is 33.8. The maximum atomic E-state index is 14.8. The topological polar surface area (TPSA) is 303 Å². The Hall–Kier alpha value is -5.73. The van der Waals surface area contributed by atoms with E-state index >= 15 is 0 Å². The van der Waals surface area contributed by atoms with Crippen molar-refractivity contribution in [1.82, 2.24) is 19.8 Å². The third-order valence-electron chi connectivity index (χ3n) is 19.4. The number of nitrogens with one attached hydrogen (secondary N) is 2. The molecule has 3 amide bonds. The van der Waals surface area contributed by atoms with E-state index in [0.717, 1.165) is 11.1 Å². The molecule has 0 spiro atoms. The number of hydrogen-bond acceptors (Lipinski definition) is 18. The van der Waals surface area contributed by atoms with Gasteiger partial charge in [0.15, 0.2) is 0 Å². The number of esters is 1. The number of rotatable bonds is 22. The molecule has 6 bridgehead atoms. The number of fused-ring (bicyclic) bond motifs is 11. The van der Waals surface area contributed by atoms with Crippen molar-refractivity contribution in [3.8, 4) is 5.75 Å². The van der Waals surface area contributed by atoms with Crippen LogP contribution >= 0.6 is 0 Å². The van der Waals surface area contributed by atoms with Gasteiger partial charge in [-0.25, -0.2) is 13.2 Å². The number of ether oxygens (including phenoxy) is 6. The summed E-state index contributed by atoms with van der Waals surface area (Å²) in [6.45, 7) is 12.2. The van der Waals surface area contributed by atoms with Crippen LogP contribution < -0.4 is 15.4 Å². The van der Waals surface area contributed by atoms with E-state index in [0.29, 0.717) is 56.3 Å². The minimum absolute atomic E-state index is 0.0158. The molecule has 93 heavy (non-hydrogen) atoms. The van der Waals surface area contributed by atoms with Gasteiger partial charge in [-0.05, 0) is 138 Å². The molecule has 5 aliphatic heterocycles. The zero-order chi connectivity index (χ0) is 68.1. The first-order valence-electron chi connectivity index (χ1n) is 33.1. The number of carbonyl (C=O) groups is 6. The Morgan fingerprint density at radius 3 is 2.17 bits per heavy atom. The molecule has 2 aromatic carbocycles. The van der Waals surface area contributed by atoms with Crippen molar-refractivity contribution in [3.05, 3.63) is 95.6 Å². The second-order valence-corrected chi connectivity index (χ2v) is 28.9. The molecule has 18 atom stereocenters. The van der Waals surface area contributed by atoms with Crippen LogP contribution in [0.3, 0.4) is 0 Å². The standard InChI is InChI=1S/C70H102N4O18S/c1-41(2)39-73(93(85,86)51-27-25-50(87-8)26-28-51)40-58(78)54(36-47-19-14-12-15-20-47)72-67(81)46(7)71-62(79)23-17-13-16-21-49-32-42(3)31-43(4)33-60(89-10)65-61(90-11)34-44(5)70(84,92-65)66(80)68(82)74-30-18-22-52-53(35-48-24-29-55(75)59(37-48)88-9)64(91-69(83)63(52)74)45(6)56(76)38-57(49)77/h12-16,19-20,25-28,32,35,41,43-46,48-49,52,54-56,58-61,63-65,75-76,78,84H,17-18,21-24,29-31,33-34,36-40H2,1-11H3,(H,71,79)(H,72,81)/b16-13+,42-32+,53-35+/t43-,44+,45+,46?,48-,49+,52?,54-,55+,56-,58+,59+,60-,61-,63-,64-,65+,70+/m0/s1. The number of ketones is 2. The van der Waals surface area contributed by atoms with E-state index in [1.807, 2.05) is 70.2 Å². The fourth-order valence-corrected chi connectivity index (χ4v) is 15.7. The van der Waals surface area contributed by atoms with E-state index in [2.05, 4.69) is 10.6 Å². The number of methoxy groups -OCH3 is 4. The number of piperidine rings is 1. The largest absolute Gasteiger partial charge is 0.497 e. The van der Waals surface area contributed by atoms with Gasteiger partial charge in [0.05, 0.1) is 54.7 Å². The molecular weight excluding hydrogens is 1220 g/mol. The molecule has 1 aliphatic carbocycles. The van der Waals surface area contributed by atoms with Crippen molar-refractivity contribution in [3.63, 3.8) is 0 Å². The third kappa shape index (κ3) is 18.9. The number of amides is 3. The molecule has 22 nitrogen and oxygen atoms in total. The molecule has 5 heterocycles. The van der Waals surface area contributed by atoms with Crippen LogP contribution in [-0.2, 0) is 68.9 Å². The van der Waals surface area contributed by atoms with E-state index in [-0.39, 0.29) is 86.6 Å². The Morgan fingerprint density at radius 1 is 0.839 bits per heavy atom. The van der Waals surface area contributed by atoms with E-state index in [1.165, 1.54) is 56.7 Å². The number of allylic oxidation sites excluding steroid dienone is 5.